The van der Waals surface area contributed by atoms with Crippen LogP contribution in [-0.4, -0.2) is 58.9 Å². The van der Waals surface area contributed by atoms with Gasteiger partial charge in [0.25, 0.3) is 0 Å². The summed E-state index contributed by atoms with van der Waals surface area (Å²) in [6.07, 6.45) is -5.56. The fourth-order valence-corrected chi connectivity index (χ4v) is 1.87. The third-order valence-electron chi connectivity index (χ3n) is 2.71. The fourth-order valence-electron chi connectivity index (χ4n) is 1.87. The lowest BCUT2D eigenvalue weighted by atomic mass is 9.82. The summed E-state index contributed by atoms with van der Waals surface area (Å²) in [6, 6.07) is -2.28. The quantitative estimate of drug-likeness (QED) is 0.344. The Morgan fingerprint density at radius 3 is 1.94 bits per heavy atom. The van der Waals surface area contributed by atoms with Crippen LogP contribution >= 0.6 is 0 Å². The van der Waals surface area contributed by atoms with Crippen molar-refractivity contribution in [2.75, 3.05) is 7.11 Å². The molecule has 0 bridgehead atoms. The number of rotatable bonds is 3. The molecule has 0 heterocycles. The molecule has 0 amide bonds. The maximum Gasteiger partial charge on any atom is 0.109 e. The van der Waals surface area contributed by atoms with Crippen LogP contribution in [0, 0.1) is 0 Å². The van der Waals surface area contributed by atoms with Gasteiger partial charge < -0.3 is 20.1 Å². The average molecular weight is 244 g/mol. The minimum atomic E-state index is -1.54. The first-order valence-electron chi connectivity index (χ1n) is 4.73. The maximum atomic E-state index is 9.64. The molecule has 17 heavy (non-hydrogen) atoms. The molecule has 0 saturated heterocycles. The van der Waals surface area contributed by atoms with E-state index >= 15 is 0 Å². The highest BCUT2D eigenvalue weighted by Gasteiger charge is 2.49. The topological polar surface area (TPSA) is 167 Å². The van der Waals surface area contributed by atoms with Crippen LogP contribution in [0.15, 0.2) is 10.2 Å². The van der Waals surface area contributed by atoms with Gasteiger partial charge in [0.1, 0.15) is 12.2 Å². The van der Waals surface area contributed by atoms with Gasteiger partial charge in [-0.05, 0) is 11.1 Å². The van der Waals surface area contributed by atoms with E-state index in [0.29, 0.717) is 0 Å². The summed E-state index contributed by atoms with van der Waals surface area (Å²) in [5.74, 6) is 0. The van der Waals surface area contributed by atoms with Crippen LogP contribution in [0.4, 0.5) is 0 Å². The third kappa shape index (κ3) is 2.42. The first-order valence-corrected chi connectivity index (χ1v) is 4.73. The summed E-state index contributed by atoms with van der Waals surface area (Å²) in [6.45, 7) is 0. The van der Waals surface area contributed by atoms with E-state index in [0.717, 1.165) is 0 Å². The van der Waals surface area contributed by atoms with E-state index in [4.69, 9.17) is 15.8 Å². The first kappa shape index (κ1) is 13.5. The number of nitrogens with zero attached hydrogens (tertiary/aromatic N) is 6. The molecule has 0 unspecified atom stereocenters. The Kier molecular flexibility index (Phi) is 4.53. The second kappa shape index (κ2) is 5.69. The van der Waals surface area contributed by atoms with Gasteiger partial charge in [0.05, 0.1) is 24.3 Å². The van der Waals surface area contributed by atoms with Crippen LogP contribution in [0.1, 0.15) is 0 Å². The Bertz CT molecular complexity index is 365. The minimum Gasteiger partial charge on any atom is -0.390 e. The van der Waals surface area contributed by atoms with Crippen LogP contribution in [-0.2, 0) is 4.74 Å². The van der Waals surface area contributed by atoms with Crippen molar-refractivity contribution in [3.8, 4) is 0 Å². The van der Waals surface area contributed by atoms with E-state index in [-0.39, 0.29) is 0 Å². The Morgan fingerprint density at radius 2 is 1.47 bits per heavy atom. The van der Waals surface area contributed by atoms with Crippen molar-refractivity contribution in [2.45, 2.75) is 36.5 Å². The smallest absolute Gasteiger partial charge is 0.109 e. The molecule has 94 valence electrons. The molecule has 0 spiro atoms. The van der Waals surface area contributed by atoms with E-state index in [1.165, 1.54) is 7.11 Å². The van der Waals surface area contributed by atoms with Crippen LogP contribution in [0.5, 0.6) is 0 Å². The highest BCUT2D eigenvalue weighted by atomic mass is 16.5. The van der Waals surface area contributed by atoms with Gasteiger partial charge >= 0.3 is 0 Å². The zero-order valence-corrected chi connectivity index (χ0v) is 8.90. The Balaban J connectivity index is 3.14. The molecule has 10 heteroatoms. The molecule has 0 aromatic carbocycles. The highest BCUT2D eigenvalue weighted by Crippen LogP contribution is 2.28. The van der Waals surface area contributed by atoms with Crippen molar-refractivity contribution in [1.82, 2.24) is 0 Å². The molecule has 1 rings (SSSR count). The molecule has 1 aliphatic rings. The molecule has 10 nitrogen and oxygen atoms in total. The van der Waals surface area contributed by atoms with Gasteiger partial charge in [-0.15, -0.1) is 0 Å². The van der Waals surface area contributed by atoms with E-state index in [2.05, 4.69) is 20.1 Å². The molecule has 0 aromatic rings. The molecule has 0 radical (unpaired) electrons. The SMILES string of the molecule is CO[C@H]1[C@H](O)[C@@H](O)[C@H](O)[C@@H](N=[N+]=[N-])[C@@H]1N=[N+]=[N-]. The van der Waals surface area contributed by atoms with Crippen molar-refractivity contribution in [1.29, 1.82) is 0 Å². The van der Waals surface area contributed by atoms with Crippen molar-refractivity contribution in [2.24, 2.45) is 10.2 Å². The molecule has 3 N–H and O–H groups in total. The van der Waals surface area contributed by atoms with Crippen LogP contribution < -0.4 is 0 Å². The van der Waals surface area contributed by atoms with E-state index in [1.54, 1.807) is 0 Å². The zero-order valence-electron chi connectivity index (χ0n) is 8.90. The molecule has 6 atom stereocenters. The summed E-state index contributed by atoms with van der Waals surface area (Å²) in [5.41, 5.74) is 16.8. The lowest BCUT2D eigenvalue weighted by Gasteiger charge is -2.41. The lowest BCUT2D eigenvalue weighted by Crippen LogP contribution is -2.62. The second-order valence-electron chi connectivity index (χ2n) is 3.56. The van der Waals surface area contributed by atoms with Gasteiger partial charge in [0.15, 0.2) is 0 Å². The van der Waals surface area contributed by atoms with Crippen molar-refractivity contribution < 1.29 is 20.1 Å². The van der Waals surface area contributed by atoms with Crippen molar-refractivity contribution in [3.05, 3.63) is 20.9 Å². The van der Waals surface area contributed by atoms with E-state index < -0.39 is 36.5 Å². The van der Waals surface area contributed by atoms with Gasteiger partial charge in [0.2, 0.25) is 0 Å². The van der Waals surface area contributed by atoms with Crippen molar-refractivity contribution >= 4 is 0 Å². The molecular weight excluding hydrogens is 232 g/mol. The zero-order chi connectivity index (χ0) is 13.0. The number of aliphatic hydroxyl groups excluding tert-OH is 3. The summed E-state index contributed by atoms with van der Waals surface area (Å²) in [7, 11) is 1.24. The van der Waals surface area contributed by atoms with E-state index in [1.807, 2.05) is 0 Å². The number of ether oxygens (including phenoxy) is 1. The number of hydrogen-bond donors (Lipinski definition) is 3. The predicted molar refractivity (Wildman–Crippen MR) is 54.7 cm³/mol. The Hall–Kier alpha value is -1.54. The number of azide groups is 2. The molecule has 1 aliphatic carbocycles. The maximum absolute atomic E-state index is 9.64. The van der Waals surface area contributed by atoms with Gasteiger partial charge in [0, 0.05) is 16.9 Å². The van der Waals surface area contributed by atoms with Crippen molar-refractivity contribution in [3.63, 3.8) is 0 Å². The van der Waals surface area contributed by atoms with E-state index in [9.17, 15) is 15.3 Å². The number of aliphatic hydroxyl groups is 3. The van der Waals surface area contributed by atoms with Crippen LogP contribution in [0.2, 0.25) is 0 Å². The van der Waals surface area contributed by atoms with Gasteiger partial charge in [-0.3, -0.25) is 0 Å². The standard InChI is InChI=1S/C7H12N6O4/c1-17-7-3(11-13-9)2(10-12-8)4(14)5(15)6(7)16/h2-7,14-16H,1H3/t2-,3-,4+,5-,6+,7+/m0/s1. The summed E-state index contributed by atoms with van der Waals surface area (Å²) < 4.78 is 4.89. The van der Waals surface area contributed by atoms with Crippen LogP contribution in [0.3, 0.4) is 0 Å². The lowest BCUT2D eigenvalue weighted by molar-refractivity contribution is -0.158. The average Bonchev–Trinajstić information content (AvgIpc) is 2.32. The molecule has 0 aliphatic heterocycles. The van der Waals surface area contributed by atoms with Crippen LogP contribution in [0.25, 0.3) is 20.9 Å². The Labute approximate surface area is 95.7 Å². The first-order chi connectivity index (χ1) is 8.08. The largest absolute Gasteiger partial charge is 0.390 e. The monoisotopic (exact) mass is 244 g/mol. The highest BCUT2D eigenvalue weighted by molar-refractivity contribution is 5.06. The number of methoxy groups -OCH3 is 1. The van der Waals surface area contributed by atoms with Gasteiger partial charge in [-0.25, -0.2) is 0 Å². The second-order valence-corrected chi connectivity index (χ2v) is 3.56. The molecular formula is C7H12N6O4. The Morgan fingerprint density at radius 1 is 0.941 bits per heavy atom. The third-order valence-corrected chi connectivity index (χ3v) is 2.71. The predicted octanol–water partition coefficient (Wildman–Crippen LogP) is -0.545. The summed E-state index contributed by atoms with van der Waals surface area (Å²) in [5, 5.41) is 35.4. The summed E-state index contributed by atoms with van der Waals surface area (Å²) in [4.78, 5) is 5.05. The fraction of sp³-hybridized carbons (Fsp3) is 1.00. The summed E-state index contributed by atoms with van der Waals surface area (Å²) >= 11 is 0. The molecule has 1 fully saturated rings. The van der Waals surface area contributed by atoms with Gasteiger partial charge in [-0.1, -0.05) is 10.2 Å². The number of hydrogen-bond acceptors (Lipinski definition) is 6. The van der Waals surface area contributed by atoms with Gasteiger partial charge in [-0.2, -0.15) is 0 Å². The molecule has 0 aromatic heterocycles. The normalized spacial score (nSPS) is 41.2. The molecule has 1 saturated carbocycles. The minimum absolute atomic E-state index is 1.06.